The molecule has 0 amide bonds. The number of ether oxygens (including phenoxy) is 1. The van der Waals surface area contributed by atoms with Crippen molar-refractivity contribution in [3.63, 3.8) is 0 Å². The van der Waals surface area contributed by atoms with Gasteiger partial charge in [0.25, 0.3) is 0 Å². The molecule has 0 saturated carbocycles. The van der Waals surface area contributed by atoms with Crippen LogP contribution in [0.15, 0.2) is 90.8 Å². The maximum absolute atomic E-state index is 5.19. The summed E-state index contributed by atoms with van der Waals surface area (Å²) in [7, 11) is 1.67. The van der Waals surface area contributed by atoms with E-state index in [2.05, 4.69) is 37.0 Å². The molecule has 1 aromatic rings. The number of allylic oxidation sites excluding steroid dienone is 9. The van der Waals surface area contributed by atoms with Crippen LogP contribution in [0.3, 0.4) is 0 Å². The second-order valence-corrected chi connectivity index (χ2v) is 4.97. The van der Waals surface area contributed by atoms with E-state index < -0.39 is 0 Å². The smallest absolute Gasteiger partial charge is 0.118 e. The van der Waals surface area contributed by atoms with E-state index in [1.54, 1.807) is 7.11 Å². The highest BCUT2D eigenvalue weighted by Gasteiger charge is 1.98. The summed E-state index contributed by atoms with van der Waals surface area (Å²) in [6.07, 6.45) is 15.9. The molecule has 0 atom stereocenters. The molecule has 0 radical (unpaired) electrons. The zero-order chi connectivity index (χ0) is 15.8. The molecule has 1 N–H and O–H groups in total. The number of methoxy groups -OCH3 is 1. The van der Waals surface area contributed by atoms with Crippen LogP contribution in [0.1, 0.15) is 12.5 Å². The van der Waals surface area contributed by atoms with Crippen molar-refractivity contribution in [3.05, 3.63) is 96.4 Å². The molecule has 2 heteroatoms. The van der Waals surface area contributed by atoms with Crippen LogP contribution in [0, 0.1) is 0 Å². The van der Waals surface area contributed by atoms with E-state index >= 15 is 0 Å². The zero-order valence-electron chi connectivity index (χ0n) is 13.0. The molecule has 0 aliphatic carbocycles. The SMILES string of the molecule is C=C1C=C/C=C(/C=C(/C)c2ccc(OC)cc2)N/C=C\C=C/1. The maximum Gasteiger partial charge on any atom is 0.118 e. The van der Waals surface area contributed by atoms with E-state index in [0.29, 0.717) is 0 Å². The highest BCUT2D eigenvalue weighted by Crippen LogP contribution is 2.19. The second kappa shape index (κ2) is 7.89. The molecule has 1 aromatic carbocycles. The van der Waals surface area contributed by atoms with Crippen molar-refractivity contribution in [2.75, 3.05) is 7.11 Å². The molecule has 0 unspecified atom stereocenters. The number of hydrogen-bond donors (Lipinski definition) is 1. The lowest BCUT2D eigenvalue weighted by Crippen LogP contribution is -2.02. The van der Waals surface area contributed by atoms with Crippen LogP contribution in [-0.4, -0.2) is 7.11 Å². The van der Waals surface area contributed by atoms with Gasteiger partial charge >= 0.3 is 0 Å². The Labute approximate surface area is 132 Å². The minimum absolute atomic E-state index is 0.865. The van der Waals surface area contributed by atoms with Gasteiger partial charge in [-0.25, -0.2) is 0 Å². The Morgan fingerprint density at radius 1 is 1.09 bits per heavy atom. The van der Waals surface area contributed by atoms with E-state index in [-0.39, 0.29) is 0 Å². The summed E-state index contributed by atoms with van der Waals surface area (Å²) in [5, 5.41) is 3.27. The Morgan fingerprint density at radius 3 is 2.55 bits per heavy atom. The summed E-state index contributed by atoms with van der Waals surface area (Å²) < 4.78 is 5.19. The average molecular weight is 291 g/mol. The van der Waals surface area contributed by atoms with Crippen LogP contribution in [0.5, 0.6) is 5.75 Å². The molecule has 0 saturated heterocycles. The van der Waals surface area contributed by atoms with E-state index in [1.807, 2.05) is 54.8 Å². The fourth-order valence-electron chi connectivity index (χ4n) is 2.02. The standard InChI is InChI=1S/C20H21NO/c1-16-7-4-5-14-21-19(9-6-8-16)15-17(2)18-10-12-20(22-3)13-11-18/h4-15,21H,1H2,2-3H3/b7-4-,8-6?,14-5-,17-15-,19-9-. The predicted molar refractivity (Wildman–Crippen MR) is 94.4 cm³/mol. The fourth-order valence-corrected chi connectivity index (χ4v) is 2.02. The Kier molecular flexibility index (Phi) is 5.61. The molecular formula is C20H21NO. The lowest BCUT2D eigenvalue weighted by molar-refractivity contribution is 0.415. The van der Waals surface area contributed by atoms with E-state index in [9.17, 15) is 0 Å². The van der Waals surface area contributed by atoms with Gasteiger partial charge in [-0.3, -0.25) is 0 Å². The van der Waals surface area contributed by atoms with Gasteiger partial charge < -0.3 is 10.1 Å². The topological polar surface area (TPSA) is 21.3 Å². The van der Waals surface area contributed by atoms with Crippen molar-refractivity contribution in [2.24, 2.45) is 0 Å². The molecule has 0 spiro atoms. The fraction of sp³-hybridized carbons (Fsp3) is 0.100. The number of rotatable bonds is 3. The summed E-state index contributed by atoms with van der Waals surface area (Å²) in [5.41, 5.74) is 4.33. The zero-order valence-corrected chi connectivity index (χ0v) is 13.0. The Hall–Kier alpha value is -2.74. The van der Waals surface area contributed by atoms with Crippen molar-refractivity contribution in [1.29, 1.82) is 0 Å². The third-order valence-corrected chi connectivity index (χ3v) is 3.27. The van der Waals surface area contributed by atoms with Crippen molar-refractivity contribution < 1.29 is 4.74 Å². The van der Waals surface area contributed by atoms with Crippen LogP contribution in [0.4, 0.5) is 0 Å². The third kappa shape index (κ3) is 4.67. The molecule has 0 bridgehead atoms. The van der Waals surface area contributed by atoms with Crippen LogP contribution >= 0.6 is 0 Å². The first-order valence-electron chi connectivity index (χ1n) is 7.19. The number of benzene rings is 1. The molecule has 1 heterocycles. The number of nitrogens with one attached hydrogen (secondary N) is 1. The van der Waals surface area contributed by atoms with Gasteiger partial charge in [0, 0.05) is 11.9 Å². The van der Waals surface area contributed by atoms with Crippen LogP contribution in [0.25, 0.3) is 5.57 Å². The lowest BCUT2D eigenvalue weighted by Gasteiger charge is -2.07. The van der Waals surface area contributed by atoms with Gasteiger partial charge in [0.1, 0.15) is 5.75 Å². The molecule has 2 rings (SSSR count). The highest BCUT2D eigenvalue weighted by molar-refractivity contribution is 5.67. The first kappa shape index (κ1) is 15.6. The van der Waals surface area contributed by atoms with Gasteiger partial charge in [-0.05, 0) is 54.0 Å². The largest absolute Gasteiger partial charge is 0.497 e. The van der Waals surface area contributed by atoms with Crippen molar-refractivity contribution in [2.45, 2.75) is 6.92 Å². The molecule has 112 valence electrons. The van der Waals surface area contributed by atoms with E-state index in [0.717, 1.165) is 22.6 Å². The van der Waals surface area contributed by atoms with Crippen LogP contribution in [-0.2, 0) is 0 Å². The van der Waals surface area contributed by atoms with E-state index in [4.69, 9.17) is 4.74 Å². The first-order chi connectivity index (χ1) is 10.7. The monoisotopic (exact) mass is 291 g/mol. The quantitative estimate of drug-likeness (QED) is 0.866. The number of hydrogen-bond acceptors (Lipinski definition) is 2. The third-order valence-electron chi connectivity index (χ3n) is 3.27. The minimum Gasteiger partial charge on any atom is -0.497 e. The second-order valence-electron chi connectivity index (χ2n) is 4.97. The highest BCUT2D eigenvalue weighted by atomic mass is 16.5. The van der Waals surface area contributed by atoms with Crippen molar-refractivity contribution in [1.82, 2.24) is 5.32 Å². The molecule has 1 aliphatic heterocycles. The van der Waals surface area contributed by atoms with Gasteiger partial charge in [0.2, 0.25) is 0 Å². The minimum atomic E-state index is 0.865. The average Bonchev–Trinajstić information content (AvgIpc) is 2.54. The normalized spacial score (nSPS) is 20.5. The Morgan fingerprint density at radius 2 is 1.82 bits per heavy atom. The van der Waals surface area contributed by atoms with E-state index in [1.165, 1.54) is 5.57 Å². The van der Waals surface area contributed by atoms with Crippen LogP contribution in [0.2, 0.25) is 0 Å². The van der Waals surface area contributed by atoms with Gasteiger partial charge in [0.15, 0.2) is 0 Å². The molecule has 0 aromatic heterocycles. The molecular weight excluding hydrogens is 270 g/mol. The predicted octanol–water partition coefficient (Wildman–Crippen LogP) is 4.77. The molecule has 0 fully saturated rings. The van der Waals surface area contributed by atoms with Crippen LogP contribution < -0.4 is 10.1 Å². The van der Waals surface area contributed by atoms with Gasteiger partial charge in [0.05, 0.1) is 7.11 Å². The maximum atomic E-state index is 5.19. The summed E-state index contributed by atoms with van der Waals surface area (Å²) in [6, 6.07) is 8.05. The van der Waals surface area contributed by atoms with Gasteiger partial charge in [-0.1, -0.05) is 43.0 Å². The summed E-state index contributed by atoms with van der Waals surface area (Å²) in [6.45, 7) is 6.05. The molecule has 2 nitrogen and oxygen atoms in total. The summed E-state index contributed by atoms with van der Waals surface area (Å²) in [5.74, 6) is 0.865. The van der Waals surface area contributed by atoms with Gasteiger partial charge in [-0.2, -0.15) is 0 Å². The molecule has 22 heavy (non-hydrogen) atoms. The first-order valence-corrected chi connectivity index (χ1v) is 7.19. The lowest BCUT2D eigenvalue weighted by atomic mass is 10.1. The van der Waals surface area contributed by atoms with Gasteiger partial charge in [-0.15, -0.1) is 0 Å². The van der Waals surface area contributed by atoms with Crippen molar-refractivity contribution in [3.8, 4) is 5.75 Å². The summed E-state index contributed by atoms with van der Waals surface area (Å²) >= 11 is 0. The summed E-state index contributed by atoms with van der Waals surface area (Å²) in [4.78, 5) is 0. The molecule has 1 aliphatic rings. The Balaban J connectivity index is 2.22. The Bertz CT molecular complexity index is 670. The van der Waals surface area contributed by atoms with Crippen molar-refractivity contribution >= 4 is 5.57 Å².